The van der Waals surface area contributed by atoms with Crippen LogP contribution in [0.5, 0.6) is 0 Å². The number of aromatic nitrogens is 3. The molecule has 2 aromatic heterocycles. The highest BCUT2D eigenvalue weighted by Gasteiger charge is 2.32. The van der Waals surface area contributed by atoms with E-state index in [1.807, 2.05) is 12.1 Å². The van der Waals surface area contributed by atoms with E-state index in [1.54, 1.807) is 37.6 Å². The number of halogens is 1. The van der Waals surface area contributed by atoms with Gasteiger partial charge >= 0.3 is 0 Å². The predicted octanol–water partition coefficient (Wildman–Crippen LogP) is 5.01. The number of methoxy groups -OCH3 is 1. The molecule has 2 N–H and O–H groups in total. The van der Waals surface area contributed by atoms with Gasteiger partial charge in [0.25, 0.3) is 5.91 Å². The highest BCUT2D eigenvalue weighted by atomic mass is 32.2. The number of hydrogen-bond donors (Lipinski definition) is 2. The number of hydrogen-bond acceptors (Lipinski definition) is 5. The number of carbonyl (C=O) groups excluding carboxylic acids is 1. The molecule has 0 aliphatic rings. The Labute approximate surface area is 232 Å². The number of ether oxygens (including phenoxy) is 1. The fourth-order valence-electron chi connectivity index (χ4n) is 5.19. The lowest BCUT2D eigenvalue weighted by atomic mass is 9.84. The number of rotatable bonds is 9. The lowest BCUT2D eigenvalue weighted by molar-refractivity contribution is 0.0956. The van der Waals surface area contributed by atoms with Gasteiger partial charge in [0.2, 0.25) is 0 Å². The molecule has 0 radical (unpaired) electrons. The third-order valence-electron chi connectivity index (χ3n) is 6.95. The Morgan fingerprint density at radius 2 is 1.80 bits per heavy atom. The van der Waals surface area contributed by atoms with Gasteiger partial charge in [-0.05, 0) is 54.1 Å². The first kappa shape index (κ1) is 27.5. The molecule has 0 unspecified atom stereocenters. The van der Waals surface area contributed by atoms with Crippen molar-refractivity contribution in [1.82, 2.24) is 20.1 Å². The molecule has 8 nitrogen and oxygen atoms in total. The summed E-state index contributed by atoms with van der Waals surface area (Å²) >= 11 is 0. The van der Waals surface area contributed by atoms with Crippen LogP contribution in [-0.4, -0.2) is 61.4 Å². The van der Waals surface area contributed by atoms with Crippen LogP contribution in [-0.2, 0) is 20.0 Å². The van der Waals surface area contributed by atoms with E-state index in [1.165, 1.54) is 12.1 Å². The maximum Gasteiger partial charge on any atom is 0.251 e. The molecule has 3 aromatic carbocycles. The van der Waals surface area contributed by atoms with Crippen LogP contribution in [0.25, 0.3) is 38.6 Å². The molecular formula is C30H31FN4O4S. The molecule has 0 atom stereocenters. The summed E-state index contributed by atoms with van der Waals surface area (Å²) in [6.07, 6.45) is 2.91. The summed E-state index contributed by atoms with van der Waals surface area (Å²) in [5, 5.41) is 11.8. The first-order valence-corrected chi connectivity index (χ1v) is 14.9. The van der Waals surface area contributed by atoms with Gasteiger partial charge in [0.15, 0.2) is 0 Å². The van der Waals surface area contributed by atoms with Crippen LogP contribution in [0.2, 0.25) is 0 Å². The molecule has 0 bridgehead atoms. The number of benzene rings is 3. The Hall–Kier alpha value is -4.02. The lowest BCUT2D eigenvalue weighted by Crippen LogP contribution is -2.28. The van der Waals surface area contributed by atoms with Crippen molar-refractivity contribution in [3.05, 3.63) is 83.9 Å². The van der Waals surface area contributed by atoms with Gasteiger partial charge in [-0.2, -0.15) is 5.10 Å². The summed E-state index contributed by atoms with van der Waals surface area (Å²) in [6.45, 7) is 4.67. The van der Waals surface area contributed by atoms with Gasteiger partial charge in [-0.3, -0.25) is 9.89 Å². The molecule has 0 saturated heterocycles. The fourth-order valence-corrected chi connectivity index (χ4v) is 5.66. The number of H-pyrrole nitrogens is 1. The SMILES string of the molecule is COCC(C)(C)c1c(-c2ccc(C(=O)NCCS(C)(=O)=O)cc2)c2cc3[nH]ncc3cc2n1-c1ccc(F)cc1. The molecule has 1 amide bonds. The molecule has 5 rings (SSSR count). The third-order valence-corrected chi connectivity index (χ3v) is 7.90. The molecule has 0 spiro atoms. The minimum absolute atomic E-state index is 0.0418. The van der Waals surface area contributed by atoms with Crippen molar-refractivity contribution < 1.29 is 22.3 Å². The first-order valence-electron chi connectivity index (χ1n) is 12.8. The van der Waals surface area contributed by atoms with Crippen LogP contribution in [0.3, 0.4) is 0 Å². The number of carbonyl (C=O) groups is 1. The number of aromatic amines is 1. The lowest BCUT2D eigenvalue weighted by Gasteiger charge is -2.28. The summed E-state index contributed by atoms with van der Waals surface area (Å²) in [4.78, 5) is 12.7. The summed E-state index contributed by atoms with van der Waals surface area (Å²) < 4.78 is 44.6. The Morgan fingerprint density at radius 3 is 2.45 bits per heavy atom. The molecule has 0 fully saturated rings. The zero-order valence-electron chi connectivity index (χ0n) is 22.8. The summed E-state index contributed by atoms with van der Waals surface area (Å²) in [5.74, 6) is -0.788. The number of amides is 1. The van der Waals surface area contributed by atoms with Gasteiger partial charge < -0.3 is 14.6 Å². The zero-order valence-corrected chi connectivity index (χ0v) is 23.6. The minimum atomic E-state index is -3.18. The smallest absolute Gasteiger partial charge is 0.251 e. The first-order chi connectivity index (χ1) is 19.0. The molecule has 2 heterocycles. The van der Waals surface area contributed by atoms with Crippen LogP contribution in [0, 0.1) is 5.82 Å². The maximum absolute atomic E-state index is 13.9. The summed E-state index contributed by atoms with van der Waals surface area (Å²) in [5.41, 5.74) is 5.39. The monoisotopic (exact) mass is 562 g/mol. The Morgan fingerprint density at radius 1 is 1.10 bits per heavy atom. The largest absolute Gasteiger partial charge is 0.384 e. The Bertz CT molecular complexity index is 1800. The molecule has 40 heavy (non-hydrogen) atoms. The Balaban J connectivity index is 1.71. The number of fused-ring (bicyclic) bond motifs is 2. The van der Waals surface area contributed by atoms with Crippen molar-refractivity contribution in [2.75, 3.05) is 32.3 Å². The van der Waals surface area contributed by atoms with E-state index >= 15 is 0 Å². The van der Waals surface area contributed by atoms with Crippen LogP contribution in [0.4, 0.5) is 4.39 Å². The molecule has 0 aliphatic carbocycles. The van der Waals surface area contributed by atoms with Crippen molar-refractivity contribution in [2.45, 2.75) is 19.3 Å². The van der Waals surface area contributed by atoms with Gasteiger partial charge in [-0.25, -0.2) is 12.8 Å². The van der Waals surface area contributed by atoms with E-state index in [4.69, 9.17) is 4.74 Å². The molecule has 0 aliphatic heterocycles. The van der Waals surface area contributed by atoms with E-state index in [-0.39, 0.29) is 24.0 Å². The van der Waals surface area contributed by atoms with Crippen molar-refractivity contribution in [1.29, 1.82) is 0 Å². The average Bonchev–Trinajstić information content (AvgIpc) is 3.49. The second-order valence-electron chi connectivity index (χ2n) is 10.6. The summed E-state index contributed by atoms with van der Waals surface area (Å²) in [7, 11) is -1.51. The zero-order chi connectivity index (χ0) is 28.7. The van der Waals surface area contributed by atoms with Crippen LogP contribution in [0.1, 0.15) is 29.9 Å². The highest BCUT2D eigenvalue weighted by Crippen LogP contribution is 2.44. The predicted molar refractivity (Wildman–Crippen MR) is 155 cm³/mol. The van der Waals surface area contributed by atoms with Gasteiger partial charge in [-0.15, -0.1) is 0 Å². The highest BCUT2D eigenvalue weighted by molar-refractivity contribution is 7.90. The van der Waals surface area contributed by atoms with E-state index < -0.39 is 15.3 Å². The van der Waals surface area contributed by atoms with Crippen LogP contribution in [0.15, 0.2) is 66.9 Å². The normalized spacial score (nSPS) is 12.3. The molecule has 10 heteroatoms. The summed E-state index contributed by atoms with van der Waals surface area (Å²) in [6, 6.07) is 17.8. The fraction of sp³-hybridized carbons (Fsp3) is 0.267. The number of nitrogens with one attached hydrogen (secondary N) is 2. The van der Waals surface area contributed by atoms with E-state index in [2.05, 4.69) is 46.1 Å². The van der Waals surface area contributed by atoms with Crippen LogP contribution < -0.4 is 5.32 Å². The Kier molecular flexibility index (Phi) is 7.24. The van der Waals surface area contributed by atoms with Gasteiger partial charge in [0.05, 0.1) is 29.6 Å². The standard InChI is InChI=1S/C30H31FN4O4S/c1-30(2,18-39-3)28-27(19-5-7-20(8-6-19)29(36)32-13-14-40(4,37)38)24-16-25-21(17-33-34-25)15-26(24)35(28)23-11-9-22(31)10-12-23/h5-12,15-17H,13-14,18H2,1-4H3,(H,32,36)(H,33,34). The average molecular weight is 563 g/mol. The van der Waals surface area contributed by atoms with Crippen molar-refractivity contribution >= 4 is 37.6 Å². The number of sulfone groups is 1. The van der Waals surface area contributed by atoms with Crippen LogP contribution >= 0.6 is 0 Å². The molecule has 208 valence electrons. The van der Waals surface area contributed by atoms with Crippen molar-refractivity contribution in [3.63, 3.8) is 0 Å². The van der Waals surface area contributed by atoms with Gasteiger partial charge in [0, 0.05) is 58.6 Å². The molecule has 5 aromatic rings. The van der Waals surface area contributed by atoms with E-state index in [0.29, 0.717) is 12.2 Å². The van der Waals surface area contributed by atoms with Gasteiger partial charge in [-0.1, -0.05) is 26.0 Å². The van der Waals surface area contributed by atoms with Crippen molar-refractivity contribution in [2.24, 2.45) is 0 Å². The molecule has 0 saturated carbocycles. The second-order valence-corrected chi connectivity index (χ2v) is 12.9. The molecular weight excluding hydrogens is 531 g/mol. The van der Waals surface area contributed by atoms with E-state index in [0.717, 1.165) is 50.6 Å². The minimum Gasteiger partial charge on any atom is -0.384 e. The quantitative estimate of drug-likeness (QED) is 0.263. The third kappa shape index (κ3) is 5.37. The maximum atomic E-state index is 13.9. The second kappa shape index (κ2) is 10.5. The van der Waals surface area contributed by atoms with E-state index in [9.17, 15) is 17.6 Å². The topological polar surface area (TPSA) is 106 Å². The number of nitrogens with zero attached hydrogens (tertiary/aromatic N) is 2. The van der Waals surface area contributed by atoms with Gasteiger partial charge in [0.1, 0.15) is 15.7 Å². The van der Waals surface area contributed by atoms with Crippen molar-refractivity contribution in [3.8, 4) is 16.8 Å².